The summed E-state index contributed by atoms with van der Waals surface area (Å²) in [6.07, 6.45) is 0. The molecule has 0 saturated heterocycles. The lowest BCUT2D eigenvalue weighted by atomic mass is 9.95. The average molecular weight is 411 g/mol. The van der Waals surface area contributed by atoms with E-state index in [1.165, 1.54) is 28.6 Å². The summed E-state index contributed by atoms with van der Waals surface area (Å²) in [5.74, 6) is 0. The molecule has 1 aliphatic rings. The lowest BCUT2D eigenvalue weighted by Gasteiger charge is -2.33. The smallest absolute Gasteiger partial charge is 0.258 e. The van der Waals surface area contributed by atoms with Crippen LogP contribution in [0.25, 0.3) is 0 Å². The fourth-order valence-corrected chi connectivity index (χ4v) is 5.51. The lowest BCUT2D eigenvalue weighted by molar-refractivity contribution is -0.384. The molecule has 6 nitrogen and oxygen atoms in total. The highest BCUT2D eigenvalue weighted by molar-refractivity contribution is 9.09. The van der Waals surface area contributed by atoms with E-state index >= 15 is 0 Å². The van der Waals surface area contributed by atoms with E-state index in [9.17, 15) is 18.5 Å². The van der Waals surface area contributed by atoms with Crippen molar-refractivity contribution in [2.75, 3.05) is 5.33 Å². The number of nitro benzene ring substituents is 1. The number of benzene rings is 2. The molecule has 0 spiro atoms. The Bertz CT molecular complexity index is 899. The van der Waals surface area contributed by atoms with E-state index in [0.29, 0.717) is 5.33 Å². The largest absolute Gasteiger partial charge is 0.269 e. The Morgan fingerprint density at radius 3 is 2.42 bits per heavy atom. The molecule has 24 heavy (non-hydrogen) atoms. The number of non-ortho nitro benzene ring substituents is 1. The normalized spacial score (nSPS) is 20.8. The van der Waals surface area contributed by atoms with Gasteiger partial charge in [-0.3, -0.25) is 10.1 Å². The minimum absolute atomic E-state index is 0.0491. The fourth-order valence-electron chi connectivity index (χ4n) is 3.00. The van der Waals surface area contributed by atoms with E-state index in [1.807, 2.05) is 31.2 Å². The van der Waals surface area contributed by atoms with Crippen molar-refractivity contribution in [1.82, 2.24) is 4.31 Å². The third-order valence-corrected chi connectivity index (χ3v) is 7.43. The average Bonchev–Trinajstić information content (AvgIpc) is 2.90. The van der Waals surface area contributed by atoms with Crippen molar-refractivity contribution in [2.24, 2.45) is 0 Å². The van der Waals surface area contributed by atoms with E-state index in [2.05, 4.69) is 15.9 Å². The Labute approximate surface area is 148 Å². The van der Waals surface area contributed by atoms with E-state index in [-0.39, 0.29) is 17.1 Å². The quantitative estimate of drug-likeness (QED) is 0.439. The van der Waals surface area contributed by atoms with Gasteiger partial charge in [0.05, 0.1) is 15.4 Å². The van der Waals surface area contributed by atoms with Crippen LogP contribution in [0.4, 0.5) is 5.69 Å². The van der Waals surface area contributed by atoms with E-state index in [4.69, 9.17) is 0 Å². The van der Waals surface area contributed by atoms with Crippen molar-refractivity contribution < 1.29 is 13.3 Å². The number of alkyl halides is 1. The summed E-state index contributed by atoms with van der Waals surface area (Å²) in [6, 6.07) is 12.6. The first-order chi connectivity index (χ1) is 11.3. The van der Waals surface area contributed by atoms with Gasteiger partial charge < -0.3 is 0 Å². The van der Waals surface area contributed by atoms with Gasteiger partial charge in [-0.05, 0) is 30.2 Å². The minimum atomic E-state index is -3.79. The fraction of sp³-hybridized carbons (Fsp3) is 0.250. The van der Waals surface area contributed by atoms with Crippen molar-refractivity contribution in [3.63, 3.8) is 0 Å². The highest BCUT2D eigenvalue weighted by Crippen LogP contribution is 2.43. The molecule has 2 aromatic rings. The predicted octanol–water partition coefficient (Wildman–Crippen LogP) is 3.41. The minimum Gasteiger partial charge on any atom is -0.258 e. The zero-order valence-corrected chi connectivity index (χ0v) is 15.2. The van der Waals surface area contributed by atoms with Gasteiger partial charge in [-0.1, -0.05) is 40.2 Å². The third kappa shape index (κ3) is 2.54. The maximum absolute atomic E-state index is 13.1. The SMILES string of the molecule is C[C@]1(CBr)c2ccccc2CN1S(=O)(=O)c1ccc([N+](=O)[O-])cc1. The van der Waals surface area contributed by atoms with Crippen LogP contribution < -0.4 is 0 Å². The molecule has 2 aromatic carbocycles. The third-order valence-electron chi connectivity index (χ3n) is 4.36. The van der Waals surface area contributed by atoms with Crippen LogP contribution >= 0.6 is 15.9 Å². The van der Waals surface area contributed by atoms with Crippen LogP contribution in [0.5, 0.6) is 0 Å². The van der Waals surface area contributed by atoms with Gasteiger partial charge in [0.25, 0.3) is 5.69 Å². The molecule has 126 valence electrons. The molecule has 0 radical (unpaired) electrons. The maximum atomic E-state index is 13.1. The molecule has 0 aromatic heterocycles. The summed E-state index contributed by atoms with van der Waals surface area (Å²) in [5, 5.41) is 11.2. The van der Waals surface area contributed by atoms with Crippen molar-refractivity contribution in [3.05, 3.63) is 69.8 Å². The number of sulfonamides is 1. The molecule has 3 rings (SSSR count). The number of nitro groups is 1. The molecular weight excluding hydrogens is 396 g/mol. The molecule has 0 aliphatic carbocycles. The first-order valence-electron chi connectivity index (χ1n) is 7.22. The first kappa shape index (κ1) is 17.1. The van der Waals surface area contributed by atoms with E-state index in [1.54, 1.807) is 0 Å². The van der Waals surface area contributed by atoms with Crippen LogP contribution in [-0.4, -0.2) is 23.0 Å². The van der Waals surface area contributed by atoms with E-state index < -0.39 is 20.5 Å². The second-order valence-electron chi connectivity index (χ2n) is 5.83. The number of nitrogens with zero attached hydrogens (tertiary/aromatic N) is 2. The summed E-state index contributed by atoms with van der Waals surface area (Å²) >= 11 is 3.44. The molecule has 1 heterocycles. The second kappa shape index (κ2) is 5.94. The number of rotatable bonds is 4. The number of halogens is 1. The molecule has 8 heteroatoms. The molecular formula is C16H15BrN2O4S. The molecule has 0 N–H and O–H groups in total. The predicted molar refractivity (Wildman–Crippen MR) is 93.4 cm³/mol. The maximum Gasteiger partial charge on any atom is 0.269 e. The molecule has 0 amide bonds. The van der Waals surface area contributed by atoms with Gasteiger partial charge in [0.1, 0.15) is 0 Å². The summed E-state index contributed by atoms with van der Waals surface area (Å²) < 4.78 is 27.6. The van der Waals surface area contributed by atoms with Crippen LogP contribution in [0, 0.1) is 10.1 Å². The zero-order chi connectivity index (χ0) is 17.5. The summed E-state index contributed by atoms with van der Waals surface area (Å²) in [5.41, 5.74) is 1.08. The highest BCUT2D eigenvalue weighted by atomic mass is 79.9. The summed E-state index contributed by atoms with van der Waals surface area (Å²) in [6.45, 7) is 2.15. The Hall–Kier alpha value is -1.77. The van der Waals surface area contributed by atoms with Gasteiger partial charge in [0.2, 0.25) is 10.0 Å². The first-order valence-corrected chi connectivity index (χ1v) is 9.78. The van der Waals surface area contributed by atoms with Gasteiger partial charge in [0.15, 0.2) is 0 Å². The lowest BCUT2D eigenvalue weighted by Crippen LogP contribution is -2.43. The number of fused-ring (bicyclic) bond motifs is 1. The number of hydrogen-bond donors (Lipinski definition) is 0. The van der Waals surface area contributed by atoms with Crippen molar-refractivity contribution in [1.29, 1.82) is 0 Å². The standard InChI is InChI=1S/C16H15BrN2O4S/c1-16(11-17)15-5-3-2-4-12(15)10-18(16)24(22,23)14-8-6-13(7-9-14)19(20)21/h2-9H,10-11H2,1H3/t16-/m0/s1. The van der Waals surface area contributed by atoms with Gasteiger partial charge in [-0.15, -0.1) is 0 Å². The Kier molecular flexibility index (Phi) is 4.23. The Morgan fingerprint density at radius 2 is 1.83 bits per heavy atom. The van der Waals surface area contributed by atoms with Crippen molar-refractivity contribution in [2.45, 2.75) is 23.9 Å². The highest BCUT2D eigenvalue weighted by Gasteiger charge is 2.47. The number of hydrogen-bond acceptors (Lipinski definition) is 4. The van der Waals surface area contributed by atoms with Crippen LogP contribution in [0.3, 0.4) is 0 Å². The van der Waals surface area contributed by atoms with Crippen molar-refractivity contribution in [3.8, 4) is 0 Å². The van der Waals surface area contributed by atoms with Crippen LogP contribution in [0.1, 0.15) is 18.1 Å². The second-order valence-corrected chi connectivity index (χ2v) is 8.25. The molecule has 1 atom stereocenters. The van der Waals surface area contributed by atoms with Gasteiger partial charge in [0, 0.05) is 24.0 Å². The van der Waals surface area contributed by atoms with Gasteiger partial charge in [-0.25, -0.2) is 8.42 Å². The zero-order valence-electron chi connectivity index (χ0n) is 12.8. The van der Waals surface area contributed by atoms with Gasteiger partial charge >= 0.3 is 0 Å². The van der Waals surface area contributed by atoms with Crippen molar-refractivity contribution >= 4 is 31.6 Å². The molecule has 0 bridgehead atoms. The van der Waals surface area contributed by atoms with E-state index in [0.717, 1.165) is 11.1 Å². The summed E-state index contributed by atoms with van der Waals surface area (Å²) in [7, 11) is -3.79. The molecule has 0 unspecified atom stereocenters. The Balaban J connectivity index is 2.06. The molecule has 0 fully saturated rings. The topological polar surface area (TPSA) is 80.5 Å². The van der Waals surface area contributed by atoms with Crippen LogP contribution in [0.15, 0.2) is 53.4 Å². The van der Waals surface area contributed by atoms with Gasteiger partial charge in [-0.2, -0.15) is 4.31 Å². The molecule has 1 aliphatic heterocycles. The van der Waals surface area contributed by atoms with Crippen LogP contribution in [0.2, 0.25) is 0 Å². The Morgan fingerprint density at radius 1 is 1.21 bits per heavy atom. The monoisotopic (exact) mass is 410 g/mol. The van der Waals surface area contributed by atoms with Crippen LogP contribution in [-0.2, 0) is 22.1 Å². The summed E-state index contributed by atoms with van der Waals surface area (Å²) in [4.78, 5) is 10.3. The molecule has 0 saturated carbocycles.